The van der Waals surface area contributed by atoms with E-state index in [1.54, 1.807) is 32.3 Å². The number of carbonyl (C=O) groups excluding carboxylic acids is 2. The van der Waals surface area contributed by atoms with Gasteiger partial charge < -0.3 is 10.2 Å². The van der Waals surface area contributed by atoms with Crippen LogP contribution in [0, 0.1) is 0 Å². The fourth-order valence-corrected chi connectivity index (χ4v) is 3.75. The first kappa shape index (κ1) is 21.9. The topological polar surface area (TPSA) is 65.5 Å². The molecule has 30 heavy (non-hydrogen) atoms. The number of amides is 3. The van der Waals surface area contributed by atoms with Crippen LogP contribution in [0.15, 0.2) is 47.6 Å². The fraction of sp³-hybridized carbons (Fsp3) is 0.350. The predicted octanol–water partition coefficient (Wildman–Crippen LogP) is 4.87. The SMILES string of the molecule is CCNc1cnccc1CN1C(=O)N(c2ccc(SC(F)(F)F)cc2)C(=O)C1(C)C. The maximum absolute atomic E-state index is 13.1. The van der Waals surface area contributed by atoms with Gasteiger partial charge >= 0.3 is 11.5 Å². The molecule has 1 saturated heterocycles. The summed E-state index contributed by atoms with van der Waals surface area (Å²) in [6, 6.07) is 6.43. The fourth-order valence-electron chi connectivity index (χ4n) is 3.21. The Hall–Kier alpha value is -2.75. The van der Waals surface area contributed by atoms with E-state index in [4.69, 9.17) is 0 Å². The second-order valence-electron chi connectivity index (χ2n) is 7.17. The number of hydrogen-bond acceptors (Lipinski definition) is 5. The zero-order valence-corrected chi connectivity index (χ0v) is 17.5. The van der Waals surface area contributed by atoms with Crippen LogP contribution in [0.2, 0.25) is 0 Å². The molecule has 2 heterocycles. The number of thioether (sulfide) groups is 1. The Morgan fingerprint density at radius 2 is 1.80 bits per heavy atom. The van der Waals surface area contributed by atoms with E-state index in [1.165, 1.54) is 29.2 Å². The molecule has 1 aromatic heterocycles. The molecule has 0 saturated carbocycles. The number of nitrogens with zero attached hydrogens (tertiary/aromatic N) is 3. The quantitative estimate of drug-likeness (QED) is 0.515. The van der Waals surface area contributed by atoms with Crippen molar-refractivity contribution >= 4 is 35.1 Å². The molecule has 1 fully saturated rings. The minimum Gasteiger partial charge on any atom is -0.384 e. The third kappa shape index (κ3) is 4.38. The number of benzene rings is 1. The molecule has 0 radical (unpaired) electrons. The van der Waals surface area contributed by atoms with Crippen LogP contribution in [-0.4, -0.2) is 39.4 Å². The summed E-state index contributed by atoms with van der Waals surface area (Å²) in [6.07, 6.45) is 3.27. The summed E-state index contributed by atoms with van der Waals surface area (Å²) in [4.78, 5) is 32.7. The summed E-state index contributed by atoms with van der Waals surface area (Å²) in [5, 5.41) is 3.18. The number of carbonyl (C=O) groups is 2. The second-order valence-corrected chi connectivity index (χ2v) is 8.31. The zero-order valence-electron chi connectivity index (χ0n) is 16.7. The number of rotatable bonds is 6. The molecule has 1 aromatic carbocycles. The van der Waals surface area contributed by atoms with Gasteiger partial charge in [-0.05, 0) is 68.4 Å². The summed E-state index contributed by atoms with van der Waals surface area (Å²) in [7, 11) is 0. The van der Waals surface area contributed by atoms with Gasteiger partial charge in [0.05, 0.1) is 24.1 Å². The highest BCUT2D eigenvalue weighted by Crippen LogP contribution is 2.39. The van der Waals surface area contributed by atoms with Crippen LogP contribution < -0.4 is 10.2 Å². The van der Waals surface area contributed by atoms with Crippen molar-refractivity contribution in [3.05, 3.63) is 48.3 Å². The minimum atomic E-state index is -4.41. The Labute approximate surface area is 176 Å². The van der Waals surface area contributed by atoms with Gasteiger partial charge in [0, 0.05) is 17.6 Å². The molecule has 1 aliphatic heterocycles. The summed E-state index contributed by atoms with van der Waals surface area (Å²) >= 11 is -0.250. The minimum absolute atomic E-state index is 0.0199. The van der Waals surface area contributed by atoms with Gasteiger partial charge in [-0.2, -0.15) is 13.2 Å². The van der Waals surface area contributed by atoms with Gasteiger partial charge in [-0.15, -0.1) is 0 Å². The van der Waals surface area contributed by atoms with Gasteiger partial charge in [-0.1, -0.05) is 0 Å². The maximum Gasteiger partial charge on any atom is 0.446 e. The smallest absolute Gasteiger partial charge is 0.384 e. The largest absolute Gasteiger partial charge is 0.446 e. The van der Waals surface area contributed by atoms with Gasteiger partial charge in [0.25, 0.3) is 5.91 Å². The van der Waals surface area contributed by atoms with E-state index in [9.17, 15) is 22.8 Å². The molecule has 10 heteroatoms. The number of hydrogen-bond donors (Lipinski definition) is 1. The Kier molecular flexibility index (Phi) is 5.98. The van der Waals surface area contributed by atoms with Gasteiger partial charge in [-0.25, -0.2) is 9.69 Å². The number of nitrogens with one attached hydrogen (secondary N) is 1. The Balaban J connectivity index is 1.87. The van der Waals surface area contributed by atoms with Crippen LogP contribution in [0.5, 0.6) is 0 Å². The van der Waals surface area contributed by atoms with E-state index < -0.39 is 23.0 Å². The van der Waals surface area contributed by atoms with E-state index in [1.807, 2.05) is 6.92 Å². The summed E-state index contributed by atoms with van der Waals surface area (Å²) in [5.74, 6) is -0.442. The Morgan fingerprint density at radius 1 is 1.13 bits per heavy atom. The number of pyridine rings is 1. The van der Waals surface area contributed by atoms with Crippen molar-refractivity contribution in [3.63, 3.8) is 0 Å². The zero-order chi connectivity index (χ0) is 22.1. The lowest BCUT2D eigenvalue weighted by Crippen LogP contribution is -2.43. The van der Waals surface area contributed by atoms with Crippen LogP contribution in [0.3, 0.4) is 0 Å². The van der Waals surface area contributed by atoms with Crippen molar-refractivity contribution in [2.75, 3.05) is 16.8 Å². The van der Waals surface area contributed by atoms with E-state index in [0.717, 1.165) is 16.2 Å². The lowest BCUT2D eigenvalue weighted by molar-refractivity contribution is -0.123. The number of imide groups is 1. The van der Waals surface area contributed by atoms with Crippen molar-refractivity contribution in [1.29, 1.82) is 0 Å². The molecule has 1 aliphatic rings. The highest BCUT2D eigenvalue weighted by molar-refractivity contribution is 8.00. The molecule has 160 valence electrons. The van der Waals surface area contributed by atoms with Crippen LogP contribution in [0.4, 0.5) is 29.3 Å². The van der Waals surface area contributed by atoms with Gasteiger partial charge in [0.2, 0.25) is 0 Å². The van der Waals surface area contributed by atoms with Crippen LogP contribution in [0.25, 0.3) is 0 Å². The molecular formula is C20H21F3N4O2S. The van der Waals surface area contributed by atoms with Crippen LogP contribution in [0.1, 0.15) is 26.3 Å². The molecule has 3 rings (SSSR count). The standard InChI is InChI=1S/C20H21F3N4O2S/c1-4-25-16-11-24-10-9-13(16)12-26-18(29)27(17(28)19(26,2)3)14-5-7-15(8-6-14)30-20(21,22)23/h5-11,25H,4,12H2,1-3H3. The Bertz CT molecular complexity index is 948. The third-order valence-electron chi connectivity index (χ3n) is 4.76. The highest BCUT2D eigenvalue weighted by Gasteiger charge is 2.51. The first-order valence-electron chi connectivity index (χ1n) is 9.23. The van der Waals surface area contributed by atoms with Gasteiger partial charge in [-0.3, -0.25) is 9.78 Å². The first-order chi connectivity index (χ1) is 14.0. The number of alkyl halides is 3. The Morgan fingerprint density at radius 3 is 2.40 bits per heavy atom. The normalized spacial score (nSPS) is 16.3. The van der Waals surface area contributed by atoms with Crippen LogP contribution in [-0.2, 0) is 11.3 Å². The molecule has 6 nitrogen and oxygen atoms in total. The average Bonchev–Trinajstić information content (AvgIpc) is 2.83. The summed E-state index contributed by atoms with van der Waals surface area (Å²) in [6.45, 7) is 6.09. The van der Waals surface area contributed by atoms with Gasteiger partial charge in [0.15, 0.2) is 0 Å². The first-order valence-corrected chi connectivity index (χ1v) is 10.0. The average molecular weight is 438 g/mol. The van der Waals surface area contributed by atoms with Crippen LogP contribution >= 0.6 is 11.8 Å². The molecule has 0 unspecified atom stereocenters. The van der Waals surface area contributed by atoms with Crippen molar-refractivity contribution in [3.8, 4) is 0 Å². The highest BCUT2D eigenvalue weighted by atomic mass is 32.2. The van der Waals surface area contributed by atoms with Crippen molar-refractivity contribution < 1.29 is 22.8 Å². The van der Waals surface area contributed by atoms with Crippen molar-refractivity contribution in [1.82, 2.24) is 9.88 Å². The molecule has 0 spiro atoms. The lowest BCUT2D eigenvalue weighted by Gasteiger charge is -2.28. The number of aromatic nitrogens is 1. The molecule has 0 aliphatic carbocycles. The van der Waals surface area contributed by atoms with E-state index >= 15 is 0 Å². The van der Waals surface area contributed by atoms with Gasteiger partial charge in [0.1, 0.15) is 5.54 Å². The van der Waals surface area contributed by atoms with Crippen molar-refractivity contribution in [2.45, 2.75) is 43.3 Å². The lowest BCUT2D eigenvalue weighted by atomic mass is 10.0. The third-order valence-corrected chi connectivity index (χ3v) is 5.50. The van der Waals surface area contributed by atoms with E-state index in [0.29, 0.717) is 6.54 Å². The monoisotopic (exact) mass is 438 g/mol. The maximum atomic E-state index is 13.1. The summed E-state index contributed by atoms with van der Waals surface area (Å²) < 4.78 is 37.6. The number of urea groups is 1. The molecule has 2 aromatic rings. The molecule has 1 N–H and O–H groups in total. The van der Waals surface area contributed by atoms with E-state index in [2.05, 4.69) is 10.3 Å². The molecular weight excluding hydrogens is 417 g/mol. The number of anilines is 2. The molecule has 0 atom stereocenters. The second kappa shape index (κ2) is 8.17. The molecule has 0 bridgehead atoms. The molecule has 3 amide bonds. The predicted molar refractivity (Wildman–Crippen MR) is 109 cm³/mol. The van der Waals surface area contributed by atoms with Crippen molar-refractivity contribution in [2.24, 2.45) is 0 Å². The number of halogens is 3. The van der Waals surface area contributed by atoms with E-state index in [-0.39, 0.29) is 28.9 Å². The summed E-state index contributed by atoms with van der Waals surface area (Å²) in [5.41, 5.74) is -3.73.